The topological polar surface area (TPSA) is 90.1 Å². The van der Waals surface area contributed by atoms with Crippen LogP contribution >= 0.6 is 0 Å². The van der Waals surface area contributed by atoms with Crippen molar-refractivity contribution in [2.24, 2.45) is 5.73 Å². The average Bonchev–Trinajstić information content (AvgIpc) is 2.23. The minimum atomic E-state index is -0.301. The maximum absolute atomic E-state index is 10.5. The van der Waals surface area contributed by atoms with Gasteiger partial charge in [-0.2, -0.15) is 4.98 Å². The van der Waals surface area contributed by atoms with Crippen molar-refractivity contribution in [3.63, 3.8) is 0 Å². The Labute approximate surface area is 94.2 Å². The standard InChI is InChI=1S/C10H16N4O2/c1-7-6-9(16-2)14-10(13-7)12-5-3-4-8(11)15/h6H,3-5H2,1-2H3,(H2,11,15)(H,12,13,14). The molecule has 0 fully saturated rings. The molecule has 0 saturated carbocycles. The molecule has 1 aromatic rings. The lowest BCUT2D eigenvalue weighted by Crippen LogP contribution is -2.13. The van der Waals surface area contributed by atoms with Crippen LogP contribution in [-0.2, 0) is 4.79 Å². The van der Waals surface area contributed by atoms with E-state index in [9.17, 15) is 4.79 Å². The number of ether oxygens (including phenoxy) is 1. The molecule has 1 heterocycles. The highest BCUT2D eigenvalue weighted by Gasteiger charge is 2.01. The van der Waals surface area contributed by atoms with Gasteiger partial charge >= 0.3 is 0 Å². The summed E-state index contributed by atoms with van der Waals surface area (Å²) in [6.45, 7) is 2.47. The molecule has 3 N–H and O–H groups in total. The summed E-state index contributed by atoms with van der Waals surface area (Å²) in [5.74, 6) is 0.718. The molecular formula is C10H16N4O2. The number of rotatable bonds is 6. The normalized spacial score (nSPS) is 9.88. The molecule has 0 bridgehead atoms. The van der Waals surface area contributed by atoms with Gasteiger partial charge < -0.3 is 15.8 Å². The number of hydrogen-bond donors (Lipinski definition) is 2. The van der Waals surface area contributed by atoms with E-state index >= 15 is 0 Å². The van der Waals surface area contributed by atoms with Crippen LogP contribution in [0.15, 0.2) is 6.07 Å². The highest BCUT2D eigenvalue weighted by molar-refractivity contribution is 5.73. The van der Waals surface area contributed by atoms with Crippen LogP contribution in [0, 0.1) is 6.92 Å². The Hall–Kier alpha value is -1.85. The van der Waals surface area contributed by atoms with Crippen molar-refractivity contribution in [1.29, 1.82) is 0 Å². The van der Waals surface area contributed by atoms with Crippen molar-refractivity contribution in [3.8, 4) is 5.88 Å². The van der Waals surface area contributed by atoms with E-state index in [0.717, 1.165) is 5.69 Å². The van der Waals surface area contributed by atoms with Gasteiger partial charge in [0.1, 0.15) is 0 Å². The molecule has 0 atom stereocenters. The van der Waals surface area contributed by atoms with Crippen LogP contribution in [0.5, 0.6) is 5.88 Å². The number of methoxy groups -OCH3 is 1. The zero-order chi connectivity index (χ0) is 12.0. The number of amides is 1. The predicted molar refractivity (Wildman–Crippen MR) is 60.2 cm³/mol. The van der Waals surface area contributed by atoms with Gasteiger partial charge in [0.2, 0.25) is 17.7 Å². The van der Waals surface area contributed by atoms with Crippen LogP contribution in [0.25, 0.3) is 0 Å². The highest BCUT2D eigenvalue weighted by atomic mass is 16.5. The van der Waals surface area contributed by atoms with Gasteiger partial charge in [-0.1, -0.05) is 0 Å². The van der Waals surface area contributed by atoms with E-state index in [-0.39, 0.29) is 5.91 Å². The molecule has 0 unspecified atom stereocenters. The van der Waals surface area contributed by atoms with Crippen LogP contribution in [0.4, 0.5) is 5.95 Å². The van der Waals surface area contributed by atoms with E-state index in [1.54, 1.807) is 13.2 Å². The first-order valence-electron chi connectivity index (χ1n) is 5.03. The molecule has 0 radical (unpaired) electrons. The molecule has 1 amide bonds. The quantitative estimate of drug-likeness (QED) is 0.685. The lowest BCUT2D eigenvalue weighted by molar-refractivity contribution is -0.118. The number of nitrogens with one attached hydrogen (secondary N) is 1. The summed E-state index contributed by atoms with van der Waals surface area (Å²) in [4.78, 5) is 18.8. The second-order valence-corrected chi connectivity index (χ2v) is 3.37. The molecule has 1 aromatic heterocycles. The van der Waals surface area contributed by atoms with Crippen LogP contribution in [0.3, 0.4) is 0 Å². The van der Waals surface area contributed by atoms with Crippen LogP contribution in [-0.4, -0.2) is 29.5 Å². The van der Waals surface area contributed by atoms with Gasteiger partial charge in [-0.25, -0.2) is 4.98 Å². The molecule has 0 aliphatic carbocycles. The van der Waals surface area contributed by atoms with Crippen LogP contribution in [0.2, 0.25) is 0 Å². The lowest BCUT2D eigenvalue weighted by Gasteiger charge is -2.06. The third kappa shape index (κ3) is 4.12. The Morgan fingerprint density at radius 3 is 2.94 bits per heavy atom. The number of hydrogen-bond acceptors (Lipinski definition) is 5. The number of nitrogens with zero attached hydrogens (tertiary/aromatic N) is 2. The molecule has 0 aliphatic rings. The first-order chi connectivity index (χ1) is 7.61. The summed E-state index contributed by atoms with van der Waals surface area (Å²) in [7, 11) is 1.55. The van der Waals surface area contributed by atoms with E-state index in [1.165, 1.54) is 0 Å². The van der Waals surface area contributed by atoms with Crippen molar-refractivity contribution < 1.29 is 9.53 Å². The minimum absolute atomic E-state index is 0.301. The summed E-state index contributed by atoms with van der Waals surface area (Å²) in [5, 5.41) is 3.01. The van der Waals surface area contributed by atoms with Gasteiger partial charge in [0.25, 0.3) is 0 Å². The monoisotopic (exact) mass is 224 g/mol. The van der Waals surface area contributed by atoms with Crippen molar-refractivity contribution in [2.75, 3.05) is 19.0 Å². The molecular weight excluding hydrogens is 208 g/mol. The Morgan fingerprint density at radius 1 is 1.56 bits per heavy atom. The van der Waals surface area contributed by atoms with Gasteiger partial charge in [0.05, 0.1) is 7.11 Å². The maximum Gasteiger partial charge on any atom is 0.226 e. The smallest absolute Gasteiger partial charge is 0.226 e. The van der Waals surface area contributed by atoms with Crippen LogP contribution < -0.4 is 15.8 Å². The van der Waals surface area contributed by atoms with Gasteiger partial charge in [0, 0.05) is 24.7 Å². The van der Waals surface area contributed by atoms with E-state index in [1.807, 2.05) is 6.92 Å². The Bertz CT molecular complexity index is 368. The molecule has 0 aromatic carbocycles. The average molecular weight is 224 g/mol. The molecule has 16 heavy (non-hydrogen) atoms. The van der Waals surface area contributed by atoms with Crippen molar-refractivity contribution in [1.82, 2.24) is 9.97 Å². The van der Waals surface area contributed by atoms with Gasteiger partial charge in [-0.3, -0.25) is 4.79 Å². The van der Waals surface area contributed by atoms with Gasteiger partial charge in [-0.05, 0) is 13.3 Å². The van der Waals surface area contributed by atoms with E-state index in [4.69, 9.17) is 10.5 Å². The first-order valence-corrected chi connectivity index (χ1v) is 5.03. The Morgan fingerprint density at radius 2 is 2.31 bits per heavy atom. The summed E-state index contributed by atoms with van der Waals surface area (Å²) < 4.78 is 5.01. The van der Waals surface area contributed by atoms with Gasteiger partial charge in [-0.15, -0.1) is 0 Å². The summed E-state index contributed by atoms with van der Waals surface area (Å²) in [6, 6.07) is 1.74. The number of aryl methyl sites for hydroxylation is 1. The van der Waals surface area contributed by atoms with Crippen molar-refractivity contribution >= 4 is 11.9 Å². The number of primary amides is 1. The van der Waals surface area contributed by atoms with Gasteiger partial charge in [0.15, 0.2) is 0 Å². The fourth-order valence-corrected chi connectivity index (χ4v) is 1.19. The second-order valence-electron chi connectivity index (χ2n) is 3.37. The lowest BCUT2D eigenvalue weighted by atomic mass is 10.3. The zero-order valence-electron chi connectivity index (χ0n) is 9.49. The number of carbonyl (C=O) groups is 1. The molecule has 1 rings (SSSR count). The fraction of sp³-hybridized carbons (Fsp3) is 0.500. The van der Waals surface area contributed by atoms with E-state index in [0.29, 0.717) is 31.2 Å². The highest BCUT2D eigenvalue weighted by Crippen LogP contribution is 2.10. The number of aromatic nitrogens is 2. The molecule has 0 saturated heterocycles. The SMILES string of the molecule is COc1cc(C)nc(NCCCC(N)=O)n1. The molecule has 6 heteroatoms. The number of carbonyl (C=O) groups excluding carboxylic acids is 1. The predicted octanol–water partition coefficient (Wildman–Crippen LogP) is 0.471. The molecule has 0 aliphatic heterocycles. The summed E-state index contributed by atoms with van der Waals surface area (Å²) in [6.07, 6.45) is 1.02. The molecule has 0 spiro atoms. The molecule has 6 nitrogen and oxygen atoms in total. The third-order valence-electron chi connectivity index (χ3n) is 1.92. The third-order valence-corrected chi connectivity index (χ3v) is 1.92. The van der Waals surface area contributed by atoms with E-state index < -0.39 is 0 Å². The first kappa shape index (κ1) is 12.2. The number of nitrogens with two attached hydrogens (primary N) is 1. The number of anilines is 1. The van der Waals surface area contributed by atoms with Crippen molar-refractivity contribution in [3.05, 3.63) is 11.8 Å². The zero-order valence-corrected chi connectivity index (χ0v) is 9.49. The summed E-state index contributed by atoms with van der Waals surface area (Å²) in [5.41, 5.74) is 5.85. The molecule has 88 valence electrons. The van der Waals surface area contributed by atoms with E-state index in [2.05, 4.69) is 15.3 Å². The summed E-state index contributed by atoms with van der Waals surface area (Å²) >= 11 is 0. The van der Waals surface area contributed by atoms with Crippen LogP contribution in [0.1, 0.15) is 18.5 Å². The van der Waals surface area contributed by atoms with Crippen molar-refractivity contribution in [2.45, 2.75) is 19.8 Å². The Balaban J connectivity index is 2.47. The minimum Gasteiger partial charge on any atom is -0.481 e. The largest absolute Gasteiger partial charge is 0.481 e. The second kappa shape index (κ2) is 5.89. The Kier molecular flexibility index (Phi) is 4.50. The fourth-order valence-electron chi connectivity index (χ4n) is 1.19. The maximum atomic E-state index is 10.5.